The van der Waals surface area contributed by atoms with Crippen LogP contribution < -0.4 is 9.75 Å². The van der Waals surface area contributed by atoms with Crippen LogP contribution in [0, 0.1) is 0 Å². The number of carbonyl (C=O) groups is 3. The molecule has 0 unspecified atom stereocenters. The molecule has 0 bridgehead atoms. The molecule has 6 nitrogen and oxygen atoms in total. The number of nitrogens with zero attached hydrogens (tertiary/aromatic N) is 2. The summed E-state index contributed by atoms with van der Waals surface area (Å²) in [4.78, 5) is 39.0. The van der Waals surface area contributed by atoms with Gasteiger partial charge in [0.05, 0.1) is 12.8 Å². The first-order chi connectivity index (χ1) is 14.0. The smallest absolute Gasteiger partial charge is 0.280 e. The van der Waals surface area contributed by atoms with E-state index in [0.717, 1.165) is 10.0 Å². The number of benzene rings is 3. The van der Waals surface area contributed by atoms with Gasteiger partial charge in [-0.1, -0.05) is 36.4 Å². The monoisotopic (exact) mass is 388 g/mol. The first-order valence-electron chi connectivity index (χ1n) is 8.96. The fourth-order valence-electron chi connectivity index (χ4n) is 2.83. The van der Waals surface area contributed by atoms with Gasteiger partial charge in [-0.15, -0.1) is 0 Å². The average molecular weight is 388 g/mol. The van der Waals surface area contributed by atoms with E-state index in [9.17, 15) is 14.4 Å². The topological polar surface area (TPSA) is 66.9 Å². The molecule has 0 saturated heterocycles. The SMILES string of the molecule is COc1ccc(C(=O)N(c2ccccc2)N(C(C)=O)C(=O)c2ccccc2)cc1. The van der Waals surface area contributed by atoms with E-state index in [1.807, 2.05) is 0 Å². The van der Waals surface area contributed by atoms with E-state index in [4.69, 9.17) is 4.74 Å². The fourth-order valence-corrected chi connectivity index (χ4v) is 2.83. The molecule has 0 heterocycles. The van der Waals surface area contributed by atoms with E-state index in [1.165, 1.54) is 14.0 Å². The quantitative estimate of drug-likeness (QED) is 0.635. The number of imide groups is 1. The molecular weight excluding hydrogens is 368 g/mol. The van der Waals surface area contributed by atoms with Crippen molar-refractivity contribution in [2.45, 2.75) is 6.92 Å². The second-order valence-corrected chi connectivity index (χ2v) is 6.18. The highest BCUT2D eigenvalue weighted by atomic mass is 16.5. The van der Waals surface area contributed by atoms with E-state index in [1.54, 1.807) is 84.9 Å². The van der Waals surface area contributed by atoms with Crippen molar-refractivity contribution in [2.24, 2.45) is 0 Å². The first-order valence-corrected chi connectivity index (χ1v) is 8.96. The minimum absolute atomic E-state index is 0.297. The Morgan fingerprint density at radius 2 is 1.21 bits per heavy atom. The van der Waals surface area contributed by atoms with Gasteiger partial charge in [-0.25, -0.2) is 5.01 Å². The van der Waals surface area contributed by atoms with Gasteiger partial charge in [0.15, 0.2) is 0 Å². The third-order valence-electron chi connectivity index (χ3n) is 4.24. The second-order valence-electron chi connectivity index (χ2n) is 6.18. The van der Waals surface area contributed by atoms with E-state index >= 15 is 0 Å². The van der Waals surface area contributed by atoms with Gasteiger partial charge in [-0.05, 0) is 48.5 Å². The number of methoxy groups -OCH3 is 1. The summed E-state index contributed by atoms with van der Waals surface area (Å²) in [6, 6.07) is 23.4. The molecule has 3 aromatic carbocycles. The van der Waals surface area contributed by atoms with Crippen LogP contribution >= 0.6 is 0 Å². The highest BCUT2D eigenvalue weighted by molar-refractivity contribution is 6.14. The fraction of sp³-hybridized carbons (Fsp3) is 0.0870. The van der Waals surface area contributed by atoms with Crippen LogP contribution in [0.15, 0.2) is 84.9 Å². The van der Waals surface area contributed by atoms with Crippen LogP contribution in [-0.4, -0.2) is 29.8 Å². The number of ether oxygens (including phenoxy) is 1. The number of carbonyl (C=O) groups excluding carboxylic acids is 3. The van der Waals surface area contributed by atoms with E-state index < -0.39 is 17.7 Å². The van der Waals surface area contributed by atoms with Gasteiger partial charge < -0.3 is 4.74 Å². The number of hydrogen-bond acceptors (Lipinski definition) is 4. The molecule has 3 aromatic rings. The summed E-state index contributed by atoms with van der Waals surface area (Å²) < 4.78 is 5.13. The summed E-state index contributed by atoms with van der Waals surface area (Å²) in [5.74, 6) is -1.09. The lowest BCUT2D eigenvalue weighted by atomic mass is 10.1. The Morgan fingerprint density at radius 1 is 0.690 bits per heavy atom. The predicted molar refractivity (Wildman–Crippen MR) is 110 cm³/mol. The normalized spacial score (nSPS) is 10.1. The van der Waals surface area contributed by atoms with Gasteiger partial charge in [-0.2, -0.15) is 5.01 Å². The molecule has 0 saturated carbocycles. The predicted octanol–water partition coefficient (Wildman–Crippen LogP) is 3.95. The molecule has 3 amide bonds. The maximum atomic E-state index is 13.4. The van der Waals surface area contributed by atoms with Crippen LogP contribution in [0.4, 0.5) is 5.69 Å². The Morgan fingerprint density at radius 3 is 1.72 bits per heavy atom. The van der Waals surface area contributed by atoms with Crippen molar-refractivity contribution in [3.05, 3.63) is 96.1 Å². The number of anilines is 1. The Kier molecular flexibility index (Phi) is 6.04. The summed E-state index contributed by atoms with van der Waals surface area (Å²) in [6.45, 7) is 1.25. The van der Waals surface area contributed by atoms with Crippen molar-refractivity contribution >= 4 is 23.4 Å². The minimum Gasteiger partial charge on any atom is -0.497 e. The minimum atomic E-state index is -0.594. The van der Waals surface area contributed by atoms with Gasteiger partial charge in [0.1, 0.15) is 5.75 Å². The zero-order valence-corrected chi connectivity index (χ0v) is 16.1. The van der Waals surface area contributed by atoms with Crippen LogP contribution in [0.1, 0.15) is 27.6 Å². The van der Waals surface area contributed by atoms with Crippen molar-refractivity contribution in [1.29, 1.82) is 0 Å². The highest BCUT2D eigenvalue weighted by Crippen LogP contribution is 2.23. The molecule has 29 heavy (non-hydrogen) atoms. The van der Waals surface area contributed by atoms with Crippen LogP contribution in [0.3, 0.4) is 0 Å². The van der Waals surface area contributed by atoms with Gasteiger partial charge in [0.2, 0.25) is 5.91 Å². The molecule has 6 heteroatoms. The summed E-state index contributed by atoms with van der Waals surface area (Å²) in [6.07, 6.45) is 0. The van der Waals surface area contributed by atoms with Crippen LogP contribution in [-0.2, 0) is 4.79 Å². The van der Waals surface area contributed by atoms with Crippen molar-refractivity contribution < 1.29 is 19.1 Å². The Labute approximate surface area is 168 Å². The third kappa shape index (κ3) is 4.32. The molecule has 146 valence electrons. The molecule has 0 aromatic heterocycles. The Bertz CT molecular complexity index is 1000. The number of hydrazine groups is 1. The van der Waals surface area contributed by atoms with E-state index in [2.05, 4.69) is 0 Å². The van der Waals surface area contributed by atoms with E-state index in [-0.39, 0.29) is 0 Å². The van der Waals surface area contributed by atoms with Gasteiger partial charge in [0, 0.05) is 18.1 Å². The maximum Gasteiger partial charge on any atom is 0.280 e. The molecule has 0 spiro atoms. The van der Waals surface area contributed by atoms with Crippen LogP contribution in [0.2, 0.25) is 0 Å². The standard InChI is InChI=1S/C23H20N2O4/c1-17(26)24(22(27)18-9-5-3-6-10-18)25(20-11-7-4-8-12-20)23(28)19-13-15-21(29-2)16-14-19/h3-16H,1-2H3. The first kappa shape index (κ1) is 19.8. The van der Waals surface area contributed by atoms with Crippen molar-refractivity contribution in [3.63, 3.8) is 0 Å². The molecule has 0 aliphatic rings. The molecule has 0 fully saturated rings. The molecule has 0 aliphatic heterocycles. The maximum absolute atomic E-state index is 13.4. The molecular formula is C23H20N2O4. The second kappa shape index (κ2) is 8.84. The largest absolute Gasteiger partial charge is 0.497 e. The summed E-state index contributed by atoms with van der Waals surface area (Å²) in [5.41, 5.74) is 1.00. The molecule has 0 N–H and O–H groups in total. The molecule has 0 atom stereocenters. The van der Waals surface area contributed by atoms with E-state index in [0.29, 0.717) is 22.6 Å². The average Bonchev–Trinajstić information content (AvgIpc) is 2.77. The zero-order valence-electron chi connectivity index (χ0n) is 16.1. The highest BCUT2D eigenvalue weighted by Gasteiger charge is 2.32. The van der Waals surface area contributed by atoms with Gasteiger partial charge in [-0.3, -0.25) is 14.4 Å². The van der Waals surface area contributed by atoms with Crippen molar-refractivity contribution in [3.8, 4) is 5.75 Å². The number of amides is 3. The lowest BCUT2D eigenvalue weighted by molar-refractivity contribution is -0.126. The lowest BCUT2D eigenvalue weighted by Crippen LogP contribution is -2.52. The molecule has 0 radical (unpaired) electrons. The molecule has 3 rings (SSSR count). The lowest BCUT2D eigenvalue weighted by Gasteiger charge is -2.32. The Balaban J connectivity index is 2.09. The summed E-state index contributed by atoms with van der Waals surface area (Å²) in [5, 5.41) is 1.96. The molecule has 0 aliphatic carbocycles. The number of para-hydroxylation sites is 1. The third-order valence-corrected chi connectivity index (χ3v) is 4.24. The summed E-state index contributed by atoms with van der Waals surface area (Å²) >= 11 is 0. The summed E-state index contributed by atoms with van der Waals surface area (Å²) in [7, 11) is 1.53. The number of rotatable bonds is 4. The Hall–Kier alpha value is -3.93. The van der Waals surface area contributed by atoms with Crippen molar-refractivity contribution in [2.75, 3.05) is 12.1 Å². The number of hydrogen-bond donors (Lipinski definition) is 0. The van der Waals surface area contributed by atoms with Gasteiger partial charge >= 0.3 is 0 Å². The van der Waals surface area contributed by atoms with Gasteiger partial charge in [0.25, 0.3) is 11.8 Å². The van der Waals surface area contributed by atoms with Crippen LogP contribution in [0.25, 0.3) is 0 Å². The van der Waals surface area contributed by atoms with Crippen LogP contribution in [0.5, 0.6) is 5.75 Å². The van der Waals surface area contributed by atoms with Crippen molar-refractivity contribution in [1.82, 2.24) is 5.01 Å². The zero-order chi connectivity index (χ0) is 20.8.